The van der Waals surface area contributed by atoms with Crippen molar-refractivity contribution in [2.75, 3.05) is 19.6 Å². The summed E-state index contributed by atoms with van der Waals surface area (Å²) >= 11 is 1.58. The molecule has 0 aromatic carbocycles. The highest BCUT2D eigenvalue weighted by Crippen LogP contribution is 2.08. The van der Waals surface area contributed by atoms with Gasteiger partial charge in [-0.25, -0.2) is 9.78 Å². The van der Waals surface area contributed by atoms with E-state index in [1.165, 1.54) is 4.90 Å². The first-order valence-corrected chi connectivity index (χ1v) is 7.06. The number of hydrogen-bond donors (Lipinski definition) is 2. The predicted octanol–water partition coefficient (Wildman–Crippen LogP) is 1.50. The van der Waals surface area contributed by atoms with Crippen molar-refractivity contribution in [3.63, 3.8) is 0 Å². The van der Waals surface area contributed by atoms with E-state index in [2.05, 4.69) is 10.3 Å². The van der Waals surface area contributed by atoms with Gasteiger partial charge in [0.05, 0.1) is 11.4 Å². The van der Waals surface area contributed by atoms with Gasteiger partial charge in [0.25, 0.3) is 0 Å². The molecule has 6 nitrogen and oxygen atoms in total. The number of aryl methyl sites for hydroxylation is 1. The molecule has 7 heteroatoms. The van der Waals surface area contributed by atoms with Gasteiger partial charge < -0.3 is 15.3 Å². The zero-order chi connectivity index (χ0) is 14.3. The van der Waals surface area contributed by atoms with Crippen LogP contribution in [0.2, 0.25) is 0 Å². The molecule has 1 aromatic rings. The molecule has 0 saturated heterocycles. The van der Waals surface area contributed by atoms with Crippen LogP contribution in [0.25, 0.3) is 0 Å². The van der Waals surface area contributed by atoms with Crippen molar-refractivity contribution >= 4 is 23.3 Å². The third kappa shape index (κ3) is 5.69. The van der Waals surface area contributed by atoms with Crippen LogP contribution in [0, 0.1) is 6.92 Å². The smallest absolute Gasteiger partial charge is 0.317 e. The number of rotatable bonds is 7. The van der Waals surface area contributed by atoms with Crippen LogP contribution in [0.4, 0.5) is 4.79 Å². The van der Waals surface area contributed by atoms with E-state index in [1.54, 1.807) is 11.3 Å². The number of hydrogen-bond acceptors (Lipinski definition) is 4. The SMILES string of the molecule is CCN(CCC(=O)O)C(=O)NCCc1nc(C)cs1. The van der Waals surface area contributed by atoms with Gasteiger partial charge in [0.15, 0.2) is 0 Å². The van der Waals surface area contributed by atoms with Gasteiger partial charge in [-0.05, 0) is 13.8 Å². The maximum atomic E-state index is 11.8. The van der Waals surface area contributed by atoms with Gasteiger partial charge in [0.2, 0.25) is 0 Å². The summed E-state index contributed by atoms with van der Waals surface area (Å²) in [5.41, 5.74) is 0.989. The van der Waals surface area contributed by atoms with Crippen molar-refractivity contribution in [3.05, 3.63) is 16.1 Å². The number of urea groups is 1. The average Bonchev–Trinajstić information content (AvgIpc) is 2.75. The highest BCUT2D eigenvalue weighted by molar-refractivity contribution is 7.09. The van der Waals surface area contributed by atoms with E-state index in [0.29, 0.717) is 19.5 Å². The zero-order valence-corrected chi connectivity index (χ0v) is 12.0. The first kappa shape index (κ1) is 15.4. The standard InChI is InChI=1S/C12H19N3O3S/c1-3-15(7-5-11(16)17)12(18)13-6-4-10-14-9(2)8-19-10/h8H,3-7H2,1-2H3,(H,13,18)(H,16,17). The fraction of sp³-hybridized carbons (Fsp3) is 0.583. The summed E-state index contributed by atoms with van der Waals surface area (Å²) in [6.07, 6.45) is 0.660. The average molecular weight is 285 g/mol. The normalized spacial score (nSPS) is 10.2. The fourth-order valence-electron chi connectivity index (χ4n) is 1.54. The van der Waals surface area contributed by atoms with E-state index in [-0.39, 0.29) is 19.0 Å². The Kier molecular flexibility index (Phi) is 6.27. The fourth-order valence-corrected chi connectivity index (χ4v) is 2.32. The molecule has 0 saturated carbocycles. The van der Waals surface area contributed by atoms with Crippen molar-refractivity contribution in [1.29, 1.82) is 0 Å². The number of amides is 2. The molecule has 106 valence electrons. The van der Waals surface area contributed by atoms with E-state index < -0.39 is 5.97 Å². The number of carbonyl (C=O) groups excluding carboxylic acids is 1. The number of thiazole rings is 1. The van der Waals surface area contributed by atoms with Gasteiger partial charge in [-0.2, -0.15) is 0 Å². The minimum absolute atomic E-state index is 0.0348. The summed E-state index contributed by atoms with van der Waals surface area (Å²) in [5.74, 6) is -0.899. The zero-order valence-electron chi connectivity index (χ0n) is 11.2. The molecule has 0 aliphatic heterocycles. The van der Waals surface area contributed by atoms with Crippen LogP contribution < -0.4 is 5.32 Å². The van der Waals surface area contributed by atoms with Crippen LogP contribution >= 0.6 is 11.3 Å². The van der Waals surface area contributed by atoms with Crippen LogP contribution in [-0.4, -0.2) is 46.6 Å². The molecule has 0 aliphatic rings. The predicted molar refractivity (Wildman–Crippen MR) is 73.5 cm³/mol. The van der Waals surface area contributed by atoms with Crippen LogP contribution in [0.3, 0.4) is 0 Å². The summed E-state index contributed by atoms with van der Waals surface area (Å²) in [4.78, 5) is 28.1. The lowest BCUT2D eigenvalue weighted by atomic mass is 10.4. The lowest BCUT2D eigenvalue weighted by Crippen LogP contribution is -2.41. The molecule has 0 radical (unpaired) electrons. The second-order valence-electron chi connectivity index (χ2n) is 4.09. The number of carbonyl (C=O) groups is 2. The van der Waals surface area contributed by atoms with E-state index in [4.69, 9.17) is 5.11 Å². The van der Waals surface area contributed by atoms with Crippen molar-refractivity contribution in [3.8, 4) is 0 Å². The highest BCUT2D eigenvalue weighted by Gasteiger charge is 2.12. The number of carboxylic acid groups (broad SMARTS) is 1. The van der Waals surface area contributed by atoms with E-state index in [1.807, 2.05) is 19.2 Å². The van der Waals surface area contributed by atoms with E-state index in [0.717, 1.165) is 10.7 Å². The third-order valence-electron chi connectivity index (χ3n) is 2.55. The molecule has 2 amide bonds. The molecule has 0 spiro atoms. The number of nitrogens with zero attached hydrogens (tertiary/aromatic N) is 2. The van der Waals surface area contributed by atoms with Gasteiger partial charge in [-0.1, -0.05) is 0 Å². The Morgan fingerprint density at radius 2 is 2.26 bits per heavy atom. The summed E-state index contributed by atoms with van der Waals surface area (Å²) in [5, 5.41) is 14.3. The molecule has 1 rings (SSSR count). The Morgan fingerprint density at radius 3 is 2.79 bits per heavy atom. The number of aliphatic carboxylic acids is 1. The summed E-state index contributed by atoms with van der Waals surface area (Å²) in [7, 11) is 0. The van der Waals surface area contributed by atoms with Crippen molar-refractivity contribution < 1.29 is 14.7 Å². The largest absolute Gasteiger partial charge is 0.481 e. The molecule has 19 heavy (non-hydrogen) atoms. The molecule has 0 aliphatic carbocycles. The summed E-state index contributed by atoms with van der Waals surface area (Å²) in [6, 6.07) is -0.225. The highest BCUT2D eigenvalue weighted by atomic mass is 32.1. The molecular weight excluding hydrogens is 266 g/mol. The van der Waals surface area contributed by atoms with Crippen LogP contribution in [0.1, 0.15) is 24.0 Å². The molecular formula is C12H19N3O3S. The lowest BCUT2D eigenvalue weighted by Gasteiger charge is -2.20. The molecule has 0 atom stereocenters. The minimum Gasteiger partial charge on any atom is -0.481 e. The number of aromatic nitrogens is 1. The second-order valence-corrected chi connectivity index (χ2v) is 5.03. The van der Waals surface area contributed by atoms with Gasteiger partial charge >= 0.3 is 12.0 Å². The quantitative estimate of drug-likeness (QED) is 0.795. The Morgan fingerprint density at radius 1 is 1.53 bits per heavy atom. The van der Waals surface area contributed by atoms with Gasteiger partial charge in [0.1, 0.15) is 0 Å². The number of nitrogens with one attached hydrogen (secondary N) is 1. The maximum absolute atomic E-state index is 11.8. The topological polar surface area (TPSA) is 82.5 Å². The Bertz CT molecular complexity index is 434. The van der Waals surface area contributed by atoms with Crippen LogP contribution in [0.5, 0.6) is 0 Å². The summed E-state index contributed by atoms with van der Waals surface area (Å²) < 4.78 is 0. The van der Waals surface area contributed by atoms with Crippen molar-refractivity contribution in [2.24, 2.45) is 0 Å². The molecule has 0 fully saturated rings. The van der Waals surface area contributed by atoms with Gasteiger partial charge in [0, 0.05) is 37.1 Å². The second kappa shape index (κ2) is 7.73. The molecule has 2 N–H and O–H groups in total. The van der Waals surface area contributed by atoms with Crippen molar-refractivity contribution in [2.45, 2.75) is 26.7 Å². The molecule has 1 heterocycles. The van der Waals surface area contributed by atoms with Crippen LogP contribution in [0.15, 0.2) is 5.38 Å². The van der Waals surface area contributed by atoms with Crippen LogP contribution in [-0.2, 0) is 11.2 Å². The van der Waals surface area contributed by atoms with E-state index in [9.17, 15) is 9.59 Å². The number of carboxylic acids is 1. The molecule has 0 unspecified atom stereocenters. The Balaban J connectivity index is 2.30. The monoisotopic (exact) mass is 285 g/mol. The maximum Gasteiger partial charge on any atom is 0.317 e. The first-order chi connectivity index (χ1) is 9.02. The lowest BCUT2D eigenvalue weighted by molar-refractivity contribution is -0.137. The van der Waals surface area contributed by atoms with Gasteiger partial charge in [-0.3, -0.25) is 4.79 Å². The molecule has 1 aromatic heterocycles. The minimum atomic E-state index is -0.899. The van der Waals surface area contributed by atoms with Gasteiger partial charge in [-0.15, -0.1) is 11.3 Å². The summed E-state index contributed by atoms with van der Waals surface area (Å²) in [6.45, 7) is 4.99. The van der Waals surface area contributed by atoms with Crippen molar-refractivity contribution in [1.82, 2.24) is 15.2 Å². The Labute approximate surface area is 116 Å². The first-order valence-electron chi connectivity index (χ1n) is 6.18. The molecule has 0 bridgehead atoms. The Hall–Kier alpha value is -1.63. The van der Waals surface area contributed by atoms with E-state index >= 15 is 0 Å². The third-order valence-corrected chi connectivity index (χ3v) is 3.57.